The van der Waals surface area contributed by atoms with Crippen molar-refractivity contribution >= 4 is 11.7 Å². The third-order valence-corrected chi connectivity index (χ3v) is 2.63. The van der Waals surface area contributed by atoms with Crippen LogP contribution < -0.4 is 5.32 Å². The third kappa shape index (κ3) is 2.96. The molecule has 0 radical (unpaired) electrons. The van der Waals surface area contributed by atoms with Crippen LogP contribution in [0.1, 0.15) is 21.7 Å². The fraction of sp³-hybridized carbons (Fsp3) is 0.133. The number of benzene rings is 1. The molecule has 0 bridgehead atoms. The summed E-state index contributed by atoms with van der Waals surface area (Å²) in [5, 5.41) is 3.18. The van der Waals surface area contributed by atoms with Crippen LogP contribution in [-0.4, -0.2) is 13.1 Å². The maximum Gasteiger partial charge on any atom is 0.374 e. The highest BCUT2D eigenvalue weighted by Gasteiger charge is 2.15. The fourth-order valence-corrected chi connectivity index (χ4v) is 1.66. The minimum Gasteiger partial charge on any atom is -0.463 e. The van der Waals surface area contributed by atoms with E-state index in [0.29, 0.717) is 6.54 Å². The number of ether oxygens (including phenoxy) is 1. The zero-order valence-electron chi connectivity index (χ0n) is 10.5. The summed E-state index contributed by atoms with van der Waals surface area (Å²) in [4.78, 5) is 11.4. The van der Waals surface area contributed by atoms with Gasteiger partial charge in [-0.1, -0.05) is 12.0 Å². The first-order valence-corrected chi connectivity index (χ1v) is 5.70. The van der Waals surface area contributed by atoms with Gasteiger partial charge in [-0.15, -0.1) is 6.42 Å². The lowest BCUT2D eigenvalue weighted by Gasteiger charge is -2.06. The first-order valence-electron chi connectivity index (χ1n) is 5.70. The number of carbonyl (C=O) groups excluding carboxylic acids is 1. The molecule has 2 rings (SSSR count). The lowest BCUT2D eigenvalue weighted by atomic mass is 10.2. The average molecular weight is 255 g/mol. The molecule has 0 atom stereocenters. The van der Waals surface area contributed by atoms with Crippen LogP contribution in [-0.2, 0) is 11.3 Å². The molecule has 0 aliphatic rings. The number of terminal acetylenes is 1. The number of rotatable bonds is 4. The summed E-state index contributed by atoms with van der Waals surface area (Å²) in [7, 11) is 1.32. The first-order chi connectivity index (χ1) is 9.24. The molecule has 2 aromatic rings. The number of hydrogen-bond acceptors (Lipinski definition) is 4. The van der Waals surface area contributed by atoms with Gasteiger partial charge in [0.25, 0.3) is 0 Å². The molecular weight excluding hydrogens is 242 g/mol. The van der Waals surface area contributed by atoms with Crippen molar-refractivity contribution in [3.63, 3.8) is 0 Å². The van der Waals surface area contributed by atoms with E-state index in [-0.39, 0.29) is 5.76 Å². The third-order valence-electron chi connectivity index (χ3n) is 2.63. The van der Waals surface area contributed by atoms with Crippen molar-refractivity contribution in [1.29, 1.82) is 0 Å². The summed E-state index contributed by atoms with van der Waals surface area (Å²) in [6.45, 7) is 0.453. The first kappa shape index (κ1) is 12.8. The van der Waals surface area contributed by atoms with Gasteiger partial charge in [-0.05, 0) is 24.3 Å². The Kier molecular flexibility index (Phi) is 3.89. The van der Waals surface area contributed by atoms with Crippen LogP contribution in [0.3, 0.4) is 0 Å². The van der Waals surface area contributed by atoms with E-state index in [0.717, 1.165) is 16.8 Å². The second kappa shape index (κ2) is 5.78. The van der Waals surface area contributed by atoms with E-state index in [1.165, 1.54) is 13.4 Å². The van der Waals surface area contributed by atoms with E-state index in [2.05, 4.69) is 16.0 Å². The highest BCUT2D eigenvalue weighted by atomic mass is 16.5. The minimum absolute atomic E-state index is 0.211. The van der Waals surface area contributed by atoms with Crippen LogP contribution in [0.4, 0.5) is 5.69 Å². The number of hydrogen-bond donors (Lipinski definition) is 1. The van der Waals surface area contributed by atoms with Crippen molar-refractivity contribution in [2.45, 2.75) is 6.54 Å². The normalized spacial score (nSPS) is 9.68. The van der Waals surface area contributed by atoms with Crippen LogP contribution >= 0.6 is 0 Å². The van der Waals surface area contributed by atoms with E-state index in [1.54, 1.807) is 6.07 Å². The van der Waals surface area contributed by atoms with Crippen molar-refractivity contribution in [3.05, 3.63) is 53.5 Å². The maximum absolute atomic E-state index is 11.4. The van der Waals surface area contributed by atoms with Crippen LogP contribution in [0.15, 0.2) is 41.0 Å². The fourth-order valence-electron chi connectivity index (χ4n) is 1.66. The number of esters is 1. The summed E-state index contributed by atoms with van der Waals surface area (Å²) in [6, 6.07) is 9.21. The van der Waals surface area contributed by atoms with E-state index >= 15 is 0 Å². The van der Waals surface area contributed by atoms with Crippen LogP contribution in [0.5, 0.6) is 0 Å². The van der Waals surface area contributed by atoms with Gasteiger partial charge >= 0.3 is 5.97 Å². The van der Waals surface area contributed by atoms with Gasteiger partial charge < -0.3 is 14.5 Å². The average Bonchev–Trinajstić information content (AvgIpc) is 2.93. The Labute approximate surface area is 111 Å². The molecule has 0 unspecified atom stereocenters. The van der Waals surface area contributed by atoms with Crippen LogP contribution in [0, 0.1) is 12.3 Å². The van der Waals surface area contributed by atoms with Gasteiger partial charge in [0, 0.05) is 23.4 Å². The Morgan fingerprint density at radius 3 is 3.05 bits per heavy atom. The zero-order valence-corrected chi connectivity index (χ0v) is 10.5. The van der Waals surface area contributed by atoms with E-state index < -0.39 is 5.97 Å². The monoisotopic (exact) mass is 255 g/mol. The molecule has 1 aromatic heterocycles. The van der Waals surface area contributed by atoms with Crippen molar-refractivity contribution in [2.24, 2.45) is 0 Å². The zero-order chi connectivity index (χ0) is 13.7. The van der Waals surface area contributed by atoms with Crippen molar-refractivity contribution in [1.82, 2.24) is 0 Å². The van der Waals surface area contributed by atoms with Gasteiger partial charge in [-0.25, -0.2) is 4.79 Å². The number of anilines is 1. The molecule has 0 fully saturated rings. The minimum atomic E-state index is -0.487. The number of furan rings is 1. The molecule has 0 amide bonds. The largest absolute Gasteiger partial charge is 0.463 e. The molecule has 19 heavy (non-hydrogen) atoms. The molecule has 4 heteroatoms. The topological polar surface area (TPSA) is 51.5 Å². The standard InChI is InChI=1S/C15H13NO3/c1-3-11-5-4-6-13(9-11)16-10-12-7-8-19-14(12)15(17)18-2/h1,4-9,16H,10H2,2H3. The molecule has 0 saturated carbocycles. The summed E-state index contributed by atoms with van der Waals surface area (Å²) < 4.78 is 9.74. The summed E-state index contributed by atoms with van der Waals surface area (Å²) >= 11 is 0. The smallest absolute Gasteiger partial charge is 0.374 e. The van der Waals surface area contributed by atoms with Gasteiger partial charge in [0.15, 0.2) is 0 Å². The van der Waals surface area contributed by atoms with Gasteiger partial charge in [0.05, 0.1) is 13.4 Å². The van der Waals surface area contributed by atoms with E-state index in [9.17, 15) is 4.79 Å². The molecule has 1 N–H and O–H groups in total. The SMILES string of the molecule is C#Cc1cccc(NCc2ccoc2C(=O)OC)c1. The Morgan fingerprint density at radius 2 is 2.32 bits per heavy atom. The highest BCUT2D eigenvalue weighted by molar-refractivity contribution is 5.87. The molecule has 0 spiro atoms. The second-order valence-electron chi connectivity index (χ2n) is 3.85. The predicted octanol–water partition coefficient (Wildman–Crippen LogP) is 2.66. The van der Waals surface area contributed by atoms with E-state index in [1.807, 2.05) is 24.3 Å². The van der Waals surface area contributed by atoms with Gasteiger partial charge in [0.2, 0.25) is 5.76 Å². The van der Waals surface area contributed by atoms with Crippen molar-refractivity contribution < 1.29 is 13.9 Å². The molecule has 1 heterocycles. The maximum atomic E-state index is 11.4. The molecule has 0 aliphatic carbocycles. The quantitative estimate of drug-likeness (QED) is 0.674. The lowest BCUT2D eigenvalue weighted by molar-refractivity contribution is 0.0563. The summed E-state index contributed by atoms with van der Waals surface area (Å²) in [5.74, 6) is 2.29. The number of carbonyl (C=O) groups is 1. The lowest BCUT2D eigenvalue weighted by Crippen LogP contribution is -2.06. The van der Waals surface area contributed by atoms with Crippen LogP contribution in [0.2, 0.25) is 0 Å². The van der Waals surface area contributed by atoms with Gasteiger partial charge in [0.1, 0.15) is 0 Å². The molecular formula is C15H13NO3. The molecule has 96 valence electrons. The van der Waals surface area contributed by atoms with Crippen molar-refractivity contribution in [3.8, 4) is 12.3 Å². The van der Waals surface area contributed by atoms with Crippen molar-refractivity contribution in [2.75, 3.05) is 12.4 Å². The molecule has 1 aromatic carbocycles. The number of methoxy groups -OCH3 is 1. The van der Waals surface area contributed by atoms with Crippen LogP contribution in [0.25, 0.3) is 0 Å². The Hall–Kier alpha value is -2.67. The summed E-state index contributed by atoms with van der Waals surface area (Å²) in [6.07, 6.45) is 6.80. The summed E-state index contributed by atoms with van der Waals surface area (Å²) in [5.41, 5.74) is 2.41. The predicted molar refractivity (Wildman–Crippen MR) is 71.8 cm³/mol. The highest BCUT2D eigenvalue weighted by Crippen LogP contribution is 2.15. The molecule has 0 saturated heterocycles. The van der Waals surface area contributed by atoms with Gasteiger partial charge in [-0.2, -0.15) is 0 Å². The van der Waals surface area contributed by atoms with Gasteiger partial charge in [-0.3, -0.25) is 0 Å². The Morgan fingerprint density at radius 1 is 1.47 bits per heavy atom. The Bertz CT molecular complexity index is 622. The molecule has 0 aliphatic heterocycles. The Balaban J connectivity index is 2.09. The second-order valence-corrected chi connectivity index (χ2v) is 3.85. The number of nitrogens with one attached hydrogen (secondary N) is 1. The molecule has 4 nitrogen and oxygen atoms in total. The van der Waals surface area contributed by atoms with E-state index in [4.69, 9.17) is 10.8 Å².